The van der Waals surface area contributed by atoms with E-state index >= 15 is 0 Å². The van der Waals surface area contributed by atoms with E-state index < -0.39 is 0 Å². The third-order valence-corrected chi connectivity index (χ3v) is 3.50. The molecule has 0 aliphatic heterocycles. The Bertz CT molecular complexity index is 582. The molecule has 4 nitrogen and oxygen atoms in total. The fourth-order valence-corrected chi connectivity index (χ4v) is 2.15. The Morgan fingerprint density at radius 3 is 2.29 bits per heavy atom. The zero-order valence-corrected chi connectivity index (χ0v) is 12.7. The maximum absolute atomic E-state index is 5.69. The molecule has 0 saturated carbocycles. The topological polar surface area (TPSA) is 56.5 Å². The number of methoxy groups -OCH3 is 2. The van der Waals surface area contributed by atoms with Gasteiger partial charge in [-0.15, -0.1) is 0 Å². The predicted octanol–water partition coefficient (Wildman–Crippen LogP) is 3.14. The molecule has 0 radical (unpaired) electrons. The first kappa shape index (κ1) is 15.2. The third kappa shape index (κ3) is 3.89. The highest BCUT2D eigenvalue weighted by molar-refractivity contribution is 5.44. The van der Waals surface area contributed by atoms with E-state index in [0.717, 1.165) is 29.3 Å². The van der Waals surface area contributed by atoms with E-state index in [1.54, 1.807) is 14.2 Å². The van der Waals surface area contributed by atoms with Gasteiger partial charge in [0.1, 0.15) is 0 Å². The molecule has 0 saturated heterocycles. The number of benzene rings is 2. The Kier molecular flexibility index (Phi) is 5.06. The molecule has 21 heavy (non-hydrogen) atoms. The van der Waals surface area contributed by atoms with Crippen molar-refractivity contribution in [2.24, 2.45) is 0 Å². The van der Waals surface area contributed by atoms with Gasteiger partial charge >= 0.3 is 0 Å². The molecule has 0 amide bonds. The van der Waals surface area contributed by atoms with Gasteiger partial charge in [-0.05, 0) is 42.3 Å². The molecule has 4 heteroatoms. The van der Waals surface area contributed by atoms with Crippen LogP contribution in [0.2, 0.25) is 0 Å². The first-order valence-corrected chi connectivity index (χ1v) is 6.93. The molecular weight excluding hydrogens is 264 g/mol. The van der Waals surface area contributed by atoms with Crippen molar-refractivity contribution in [2.75, 3.05) is 20.0 Å². The lowest BCUT2D eigenvalue weighted by molar-refractivity contribution is 0.354. The van der Waals surface area contributed by atoms with Gasteiger partial charge < -0.3 is 20.5 Å². The van der Waals surface area contributed by atoms with Gasteiger partial charge in [0, 0.05) is 18.3 Å². The molecule has 2 rings (SSSR count). The summed E-state index contributed by atoms with van der Waals surface area (Å²) in [7, 11) is 3.29. The van der Waals surface area contributed by atoms with Gasteiger partial charge in [-0.2, -0.15) is 0 Å². The van der Waals surface area contributed by atoms with Crippen molar-refractivity contribution in [1.82, 2.24) is 5.32 Å². The summed E-state index contributed by atoms with van der Waals surface area (Å²) >= 11 is 0. The largest absolute Gasteiger partial charge is 0.493 e. The van der Waals surface area contributed by atoms with Crippen LogP contribution in [0.15, 0.2) is 42.5 Å². The van der Waals surface area contributed by atoms with Gasteiger partial charge in [-0.1, -0.05) is 18.2 Å². The number of ether oxygens (including phenoxy) is 2. The molecule has 0 spiro atoms. The second-order valence-electron chi connectivity index (χ2n) is 4.96. The minimum absolute atomic E-state index is 0.211. The van der Waals surface area contributed by atoms with Crippen LogP contribution in [0.5, 0.6) is 11.5 Å². The maximum Gasteiger partial charge on any atom is 0.161 e. The van der Waals surface area contributed by atoms with Gasteiger partial charge in [0.05, 0.1) is 14.2 Å². The summed E-state index contributed by atoms with van der Waals surface area (Å²) in [5.41, 5.74) is 8.83. The van der Waals surface area contributed by atoms with Crippen molar-refractivity contribution in [3.8, 4) is 11.5 Å². The molecule has 2 aromatic rings. The number of rotatable bonds is 6. The Labute approximate surface area is 125 Å². The average molecular weight is 286 g/mol. The van der Waals surface area contributed by atoms with Crippen molar-refractivity contribution in [2.45, 2.75) is 19.5 Å². The van der Waals surface area contributed by atoms with Crippen LogP contribution >= 0.6 is 0 Å². The van der Waals surface area contributed by atoms with E-state index in [4.69, 9.17) is 15.2 Å². The molecule has 0 heterocycles. The average Bonchev–Trinajstić information content (AvgIpc) is 2.53. The molecule has 1 unspecified atom stereocenters. The maximum atomic E-state index is 5.69. The highest BCUT2D eigenvalue weighted by Gasteiger charge is 2.09. The van der Waals surface area contributed by atoms with Crippen LogP contribution in [0.25, 0.3) is 0 Å². The van der Waals surface area contributed by atoms with Crippen LogP contribution in [0, 0.1) is 0 Å². The Balaban J connectivity index is 2.02. The number of anilines is 1. The SMILES string of the molecule is COc1ccc(C(C)NCc2ccc(N)cc2)cc1OC. The summed E-state index contributed by atoms with van der Waals surface area (Å²) in [6.07, 6.45) is 0. The molecule has 3 N–H and O–H groups in total. The fraction of sp³-hybridized carbons (Fsp3) is 0.294. The Morgan fingerprint density at radius 1 is 1.00 bits per heavy atom. The van der Waals surface area contributed by atoms with Crippen LogP contribution in [0.3, 0.4) is 0 Å². The normalized spacial score (nSPS) is 12.0. The van der Waals surface area contributed by atoms with Crippen molar-refractivity contribution in [1.29, 1.82) is 0 Å². The lowest BCUT2D eigenvalue weighted by Crippen LogP contribution is -2.18. The van der Waals surface area contributed by atoms with E-state index in [9.17, 15) is 0 Å². The highest BCUT2D eigenvalue weighted by atomic mass is 16.5. The molecule has 0 aromatic heterocycles. The molecule has 0 aliphatic rings. The van der Waals surface area contributed by atoms with Gasteiger partial charge in [-0.3, -0.25) is 0 Å². The summed E-state index contributed by atoms with van der Waals surface area (Å²) in [6.45, 7) is 2.91. The lowest BCUT2D eigenvalue weighted by atomic mass is 10.1. The number of hydrogen-bond donors (Lipinski definition) is 2. The minimum Gasteiger partial charge on any atom is -0.493 e. The van der Waals surface area contributed by atoms with Gasteiger partial charge in [0.2, 0.25) is 0 Å². The third-order valence-electron chi connectivity index (χ3n) is 3.50. The monoisotopic (exact) mass is 286 g/mol. The van der Waals surface area contributed by atoms with Gasteiger partial charge in [-0.25, -0.2) is 0 Å². The van der Waals surface area contributed by atoms with Crippen molar-refractivity contribution in [3.05, 3.63) is 53.6 Å². The van der Waals surface area contributed by atoms with Crippen LogP contribution in [-0.2, 0) is 6.54 Å². The minimum atomic E-state index is 0.211. The zero-order chi connectivity index (χ0) is 15.2. The predicted molar refractivity (Wildman–Crippen MR) is 85.7 cm³/mol. The Morgan fingerprint density at radius 2 is 1.67 bits per heavy atom. The first-order chi connectivity index (χ1) is 10.1. The van der Waals surface area contributed by atoms with Crippen molar-refractivity contribution < 1.29 is 9.47 Å². The standard InChI is InChI=1S/C17H22N2O2/c1-12(19-11-13-4-7-15(18)8-5-13)14-6-9-16(20-2)17(10-14)21-3/h4-10,12,19H,11,18H2,1-3H3. The summed E-state index contributed by atoms with van der Waals surface area (Å²) in [6, 6.07) is 14.1. The summed E-state index contributed by atoms with van der Waals surface area (Å²) in [4.78, 5) is 0. The van der Waals surface area contributed by atoms with Crippen LogP contribution < -0.4 is 20.5 Å². The molecular formula is C17H22N2O2. The van der Waals surface area contributed by atoms with E-state index in [-0.39, 0.29) is 6.04 Å². The Hall–Kier alpha value is -2.20. The van der Waals surface area contributed by atoms with Gasteiger partial charge in [0.25, 0.3) is 0 Å². The molecule has 0 bridgehead atoms. The number of nitrogens with one attached hydrogen (secondary N) is 1. The van der Waals surface area contributed by atoms with Gasteiger partial charge in [0.15, 0.2) is 11.5 Å². The second-order valence-corrected chi connectivity index (χ2v) is 4.96. The quantitative estimate of drug-likeness (QED) is 0.801. The van der Waals surface area contributed by atoms with E-state index in [0.29, 0.717) is 0 Å². The van der Waals surface area contributed by atoms with Crippen LogP contribution in [0.4, 0.5) is 5.69 Å². The number of nitrogens with two attached hydrogens (primary N) is 1. The zero-order valence-electron chi connectivity index (χ0n) is 12.7. The molecule has 2 aromatic carbocycles. The fourth-order valence-electron chi connectivity index (χ4n) is 2.15. The molecule has 0 aliphatic carbocycles. The van der Waals surface area contributed by atoms with E-state index in [1.165, 1.54) is 5.56 Å². The highest BCUT2D eigenvalue weighted by Crippen LogP contribution is 2.29. The number of nitrogen functional groups attached to an aromatic ring is 1. The molecule has 1 atom stereocenters. The summed E-state index contributed by atoms with van der Waals surface area (Å²) in [5, 5.41) is 3.49. The van der Waals surface area contributed by atoms with Crippen molar-refractivity contribution in [3.63, 3.8) is 0 Å². The summed E-state index contributed by atoms with van der Waals surface area (Å²) < 4.78 is 10.6. The molecule has 112 valence electrons. The smallest absolute Gasteiger partial charge is 0.161 e. The first-order valence-electron chi connectivity index (χ1n) is 6.93. The van der Waals surface area contributed by atoms with Crippen molar-refractivity contribution >= 4 is 5.69 Å². The lowest BCUT2D eigenvalue weighted by Gasteiger charge is -2.16. The van der Waals surface area contributed by atoms with Crippen LogP contribution in [-0.4, -0.2) is 14.2 Å². The van der Waals surface area contributed by atoms with E-state index in [2.05, 4.69) is 12.2 Å². The van der Waals surface area contributed by atoms with Crippen LogP contribution in [0.1, 0.15) is 24.1 Å². The summed E-state index contributed by atoms with van der Waals surface area (Å²) in [5.74, 6) is 1.49. The second kappa shape index (κ2) is 6.99. The van der Waals surface area contributed by atoms with E-state index in [1.807, 2.05) is 42.5 Å². The number of hydrogen-bond acceptors (Lipinski definition) is 4. The molecule has 0 fully saturated rings.